The van der Waals surface area contributed by atoms with E-state index in [1.807, 2.05) is 101 Å². The molecule has 3 heteroatoms. The van der Waals surface area contributed by atoms with Gasteiger partial charge in [-0.2, -0.15) is 0 Å². The first kappa shape index (κ1) is 23.6. The van der Waals surface area contributed by atoms with Crippen LogP contribution in [0.2, 0.25) is 0 Å². The molecule has 0 aromatic heterocycles. The summed E-state index contributed by atoms with van der Waals surface area (Å²) in [5.74, 6) is 0. The fraction of sp³-hybridized carbons (Fsp3) is 0.345. The highest BCUT2D eigenvalue weighted by molar-refractivity contribution is 6.08. The summed E-state index contributed by atoms with van der Waals surface area (Å²) >= 11 is 0. The summed E-state index contributed by atoms with van der Waals surface area (Å²) in [4.78, 5) is 17.7. The van der Waals surface area contributed by atoms with E-state index in [9.17, 15) is 4.79 Å². The third-order valence-electron chi connectivity index (χ3n) is 5.75. The number of unbranched alkanes of at least 4 members (excludes halogenated alkanes) is 7. The van der Waals surface area contributed by atoms with Gasteiger partial charge in [0.05, 0.1) is 11.4 Å². The van der Waals surface area contributed by atoms with E-state index in [-0.39, 0.29) is 6.03 Å². The molecule has 0 saturated carbocycles. The highest BCUT2D eigenvalue weighted by Gasteiger charge is 2.24. The molecule has 0 saturated heterocycles. The van der Waals surface area contributed by atoms with Crippen LogP contribution in [0.1, 0.15) is 58.3 Å². The maximum Gasteiger partial charge on any atom is 0.333 e. The first-order valence-corrected chi connectivity index (χ1v) is 12.1. The molecule has 0 unspecified atom stereocenters. The minimum atomic E-state index is -0.0171. The van der Waals surface area contributed by atoms with Crippen molar-refractivity contribution in [2.45, 2.75) is 58.3 Å². The number of anilines is 3. The Bertz CT molecular complexity index is 857. The zero-order chi connectivity index (χ0) is 22.4. The third kappa shape index (κ3) is 6.98. The molecule has 0 fully saturated rings. The van der Waals surface area contributed by atoms with Crippen LogP contribution >= 0.6 is 0 Å². The molecular weight excluding hydrogens is 392 g/mol. The predicted molar refractivity (Wildman–Crippen MR) is 137 cm³/mol. The maximum atomic E-state index is 13.9. The van der Waals surface area contributed by atoms with Gasteiger partial charge in [-0.15, -0.1) is 0 Å². The molecule has 0 radical (unpaired) electrons. The molecule has 0 heterocycles. The number of urea groups is 1. The Morgan fingerprint density at radius 2 is 0.969 bits per heavy atom. The third-order valence-corrected chi connectivity index (χ3v) is 5.75. The molecule has 0 N–H and O–H groups in total. The van der Waals surface area contributed by atoms with Gasteiger partial charge in [0.1, 0.15) is 0 Å². The number of rotatable bonds is 12. The first-order valence-electron chi connectivity index (χ1n) is 12.1. The van der Waals surface area contributed by atoms with Crippen LogP contribution in [-0.2, 0) is 0 Å². The number of benzene rings is 3. The lowest BCUT2D eigenvalue weighted by molar-refractivity contribution is 0.253. The van der Waals surface area contributed by atoms with Gasteiger partial charge in [0.25, 0.3) is 0 Å². The summed E-state index contributed by atoms with van der Waals surface area (Å²) in [5.41, 5.74) is 2.69. The molecule has 168 valence electrons. The fourth-order valence-electron chi connectivity index (χ4n) is 3.99. The van der Waals surface area contributed by atoms with E-state index in [1.165, 1.54) is 38.5 Å². The van der Waals surface area contributed by atoms with Crippen LogP contribution < -0.4 is 9.80 Å². The van der Waals surface area contributed by atoms with Gasteiger partial charge in [-0.25, -0.2) is 4.79 Å². The van der Waals surface area contributed by atoms with Gasteiger partial charge in [-0.05, 0) is 42.8 Å². The fourth-order valence-corrected chi connectivity index (χ4v) is 3.99. The topological polar surface area (TPSA) is 23.6 Å². The summed E-state index contributed by atoms with van der Waals surface area (Å²) in [6.45, 7) is 2.97. The quantitative estimate of drug-likeness (QED) is 0.265. The van der Waals surface area contributed by atoms with Crippen molar-refractivity contribution in [3.8, 4) is 0 Å². The van der Waals surface area contributed by atoms with Crippen LogP contribution in [0.15, 0.2) is 91.0 Å². The van der Waals surface area contributed by atoms with Crippen LogP contribution in [0.3, 0.4) is 0 Å². The van der Waals surface area contributed by atoms with Crippen molar-refractivity contribution in [3.05, 3.63) is 91.0 Å². The van der Waals surface area contributed by atoms with Gasteiger partial charge in [0, 0.05) is 12.2 Å². The highest BCUT2D eigenvalue weighted by Crippen LogP contribution is 2.28. The Kier molecular flexibility index (Phi) is 9.85. The Morgan fingerprint density at radius 3 is 1.44 bits per heavy atom. The lowest BCUT2D eigenvalue weighted by Gasteiger charge is -2.31. The molecule has 0 spiro atoms. The molecule has 3 aromatic carbocycles. The molecule has 3 aromatic rings. The monoisotopic (exact) mass is 428 g/mol. The number of carbonyl (C=O) groups is 1. The lowest BCUT2D eigenvalue weighted by atomic mass is 10.1. The average molecular weight is 429 g/mol. The zero-order valence-electron chi connectivity index (χ0n) is 19.3. The molecule has 0 aliphatic rings. The number of para-hydroxylation sites is 3. The van der Waals surface area contributed by atoms with Gasteiger partial charge in [0.15, 0.2) is 0 Å². The molecule has 0 bridgehead atoms. The van der Waals surface area contributed by atoms with Crippen molar-refractivity contribution in [2.24, 2.45) is 0 Å². The lowest BCUT2D eigenvalue weighted by Crippen LogP contribution is -2.41. The molecule has 0 aliphatic carbocycles. The van der Waals surface area contributed by atoms with Crippen LogP contribution in [0.4, 0.5) is 21.9 Å². The largest absolute Gasteiger partial charge is 0.333 e. The van der Waals surface area contributed by atoms with Crippen molar-refractivity contribution in [2.75, 3.05) is 16.3 Å². The molecule has 2 amide bonds. The molecule has 3 nitrogen and oxygen atoms in total. The molecular formula is C29H36N2O. The standard InChI is InChI=1S/C29H36N2O/c1-2-3-4-5-6-7-8-18-25-30(26-19-12-9-13-20-26)29(32)31(27-21-14-10-15-22-27)28-23-16-11-17-24-28/h9-17,19-24H,2-8,18,25H2,1H3. The van der Waals surface area contributed by atoms with Crippen LogP contribution in [0.25, 0.3) is 0 Å². The molecule has 32 heavy (non-hydrogen) atoms. The van der Waals surface area contributed by atoms with Gasteiger partial charge < -0.3 is 0 Å². The Hall–Kier alpha value is -3.07. The maximum absolute atomic E-state index is 13.9. The smallest absolute Gasteiger partial charge is 0.294 e. The minimum absolute atomic E-state index is 0.0171. The van der Waals surface area contributed by atoms with Crippen molar-refractivity contribution in [1.82, 2.24) is 0 Å². The van der Waals surface area contributed by atoms with Crippen LogP contribution in [-0.4, -0.2) is 12.6 Å². The number of amides is 2. The molecule has 3 rings (SSSR count). The SMILES string of the molecule is CCCCCCCCCCN(C(=O)N(c1ccccc1)c1ccccc1)c1ccccc1. The van der Waals surface area contributed by atoms with E-state index in [1.54, 1.807) is 0 Å². The van der Waals surface area contributed by atoms with E-state index < -0.39 is 0 Å². The van der Waals surface area contributed by atoms with E-state index in [0.29, 0.717) is 6.54 Å². The Labute approximate surface area is 193 Å². The van der Waals surface area contributed by atoms with E-state index in [2.05, 4.69) is 6.92 Å². The second-order valence-electron chi connectivity index (χ2n) is 8.25. The van der Waals surface area contributed by atoms with Gasteiger partial charge >= 0.3 is 6.03 Å². The normalized spacial score (nSPS) is 10.7. The summed E-state index contributed by atoms with van der Waals surface area (Å²) in [5, 5.41) is 0. The van der Waals surface area contributed by atoms with Crippen LogP contribution in [0, 0.1) is 0 Å². The molecule has 0 atom stereocenters. The van der Waals surface area contributed by atoms with Gasteiger partial charge in [0.2, 0.25) is 0 Å². The average Bonchev–Trinajstić information content (AvgIpc) is 2.85. The number of hydrogen-bond donors (Lipinski definition) is 0. The predicted octanol–water partition coefficient (Wildman–Crippen LogP) is 8.59. The summed E-state index contributed by atoms with van der Waals surface area (Å²) in [6, 6.07) is 29.8. The van der Waals surface area contributed by atoms with Crippen LogP contribution in [0.5, 0.6) is 0 Å². The van der Waals surface area contributed by atoms with E-state index in [4.69, 9.17) is 0 Å². The van der Waals surface area contributed by atoms with Gasteiger partial charge in [-0.3, -0.25) is 9.80 Å². The van der Waals surface area contributed by atoms with Crippen molar-refractivity contribution in [1.29, 1.82) is 0 Å². The number of hydrogen-bond acceptors (Lipinski definition) is 1. The minimum Gasteiger partial charge on any atom is -0.294 e. The van der Waals surface area contributed by atoms with E-state index in [0.717, 1.165) is 29.9 Å². The summed E-state index contributed by atoms with van der Waals surface area (Å²) in [7, 11) is 0. The second-order valence-corrected chi connectivity index (χ2v) is 8.25. The van der Waals surface area contributed by atoms with Crippen molar-refractivity contribution >= 4 is 23.1 Å². The Balaban J connectivity index is 1.74. The highest BCUT2D eigenvalue weighted by atomic mass is 16.2. The van der Waals surface area contributed by atoms with E-state index >= 15 is 0 Å². The second kappa shape index (κ2) is 13.4. The molecule has 0 aliphatic heterocycles. The first-order chi connectivity index (χ1) is 15.8. The zero-order valence-corrected chi connectivity index (χ0v) is 19.3. The number of nitrogens with zero attached hydrogens (tertiary/aromatic N) is 2. The van der Waals surface area contributed by atoms with Crippen molar-refractivity contribution < 1.29 is 4.79 Å². The Morgan fingerprint density at radius 1 is 0.562 bits per heavy atom. The van der Waals surface area contributed by atoms with Gasteiger partial charge in [-0.1, -0.05) is 106 Å². The van der Waals surface area contributed by atoms with Crippen molar-refractivity contribution in [3.63, 3.8) is 0 Å². The summed E-state index contributed by atoms with van der Waals surface area (Å²) < 4.78 is 0. The summed E-state index contributed by atoms with van der Waals surface area (Å²) in [6.07, 6.45) is 9.98. The number of carbonyl (C=O) groups excluding carboxylic acids is 1.